The number of thioether (sulfide) groups is 1. The number of nitrogens with one attached hydrogen (secondary N) is 1. The molecule has 0 atom stereocenters. The standard InChI is InChI=1S/C17H16N2O3S/c1-19(17(22)13-8-4-3-7-12(13)11-20)18-16(21)14-9-5-6-10-15(14)23-2/h3-11H,1-2H3,(H,18,21). The van der Waals surface area contributed by atoms with E-state index in [-0.39, 0.29) is 17.0 Å². The van der Waals surface area contributed by atoms with Gasteiger partial charge in [-0.1, -0.05) is 30.3 Å². The van der Waals surface area contributed by atoms with Crippen molar-refractivity contribution in [2.45, 2.75) is 4.90 Å². The second-order valence-electron chi connectivity index (χ2n) is 4.71. The van der Waals surface area contributed by atoms with Crippen LogP contribution in [0.1, 0.15) is 31.1 Å². The fraction of sp³-hybridized carbons (Fsp3) is 0.118. The minimum Gasteiger partial charge on any atom is -0.298 e. The summed E-state index contributed by atoms with van der Waals surface area (Å²) in [6.45, 7) is 0. The maximum absolute atomic E-state index is 12.4. The first kappa shape index (κ1) is 16.8. The predicted octanol–water partition coefficient (Wildman–Crippen LogP) is 2.64. The fourth-order valence-electron chi connectivity index (χ4n) is 2.07. The van der Waals surface area contributed by atoms with Crippen LogP contribution in [0.15, 0.2) is 53.4 Å². The zero-order chi connectivity index (χ0) is 16.8. The summed E-state index contributed by atoms with van der Waals surface area (Å²) in [4.78, 5) is 36.6. The first-order valence-electron chi connectivity index (χ1n) is 6.84. The molecule has 23 heavy (non-hydrogen) atoms. The van der Waals surface area contributed by atoms with E-state index in [9.17, 15) is 14.4 Å². The van der Waals surface area contributed by atoms with Gasteiger partial charge in [0.15, 0.2) is 6.29 Å². The summed E-state index contributed by atoms with van der Waals surface area (Å²) < 4.78 is 0. The van der Waals surface area contributed by atoms with Crippen LogP contribution in [0.2, 0.25) is 0 Å². The van der Waals surface area contributed by atoms with Crippen molar-refractivity contribution in [3.8, 4) is 0 Å². The molecule has 0 aliphatic heterocycles. The van der Waals surface area contributed by atoms with Crippen LogP contribution in [0.4, 0.5) is 0 Å². The second-order valence-corrected chi connectivity index (χ2v) is 5.56. The summed E-state index contributed by atoms with van der Waals surface area (Å²) in [7, 11) is 1.45. The lowest BCUT2D eigenvalue weighted by Crippen LogP contribution is -2.43. The number of hydrogen-bond acceptors (Lipinski definition) is 4. The highest BCUT2D eigenvalue weighted by atomic mass is 32.2. The molecule has 5 nitrogen and oxygen atoms in total. The smallest absolute Gasteiger partial charge is 0.272 e. The Morgan fingerprint density at radius 2 is 1.65 bits per heavy atom. The van der Waals surface area contributed by atoms with Crippen molar-refractivity contribution in [1.29, 1.82) is 0 Å². The van der Waals surface area contributed by atoms with E-state index in [4.69, 9.17) is 0 Å². The van der Waals surface area contributed by atoms with E-state index in [0.29, 0.717) is 11.8 Å². The molecule has 0 heterocycles. The molecule has 2 aromatic carbocycles. The zero-order valence-corrected chi connectivity index (χ0v) is 13.6. The number of benzene rings is 2. The third-order valence-corrected chi connectivity index (χ3v) is 4.04. The Bertz CT molecular complexity index is 746. The van der Waals surface area contributed by atoms with Gasteiger partial charge >= 0.3 is 0 Å². The minimum atomic E-state index is -0.456. The highest BCUT2D eigenvalue weighted by molar-refractivity contribution is 7.98. The van der Waals surface area contributed by atoms with Gasteiger partial charge in [-0.25, -0.2) is 0 Å². The highest BCUT2D eigenvalue weighted by Crippen LogP contribution is 2.19. The summed E-state index contributed by atoms with van der Waals surface area (Å²) in [5.41, 5.74) is 3.55. The third kappa shape index (κ3) is 3.78. The lowest BCUT2D eigenvalue weighted by molar-refractivity contribution is 0.0634. The molecule has 0 radical (unpaired) electrons. The van der Waals surface area contributed by atoms with E-state index in [1.165, 1.54) is 18.8 Å². The summed E-state index contributed by atoms with van der Waals surface area (Å²) >= 11 is 1.45. The number of carbonyl (C=O) groups is 3. The molecule has 2 amide bonds. The number of nitrogens with zero attached hydrogens (tertiary/aromatic N) is 1. The van der Waals surface area contributed by atoms with E-state index in [1.807, 2.05) is 18.4 Å². The van der Waals surface area contributed by atoms with Crippen LogP contribution in [0.25, 0.3) is 0 Å². The largest absolute Gasteiger partial charge is 0.298 e. The van der Waals surface area contributed by atoms with Gasteiger partial charge in [0.05, 0.1) is 11.1 Å². The van der Waals surface area contributed by atoms with Gasteiger partial charge in [-0.05, 0) is 24.5 Å². The molecule has 0 unspecified atom stereocenters. The van der Waals surface area contributed by atoms with Crippen molar-refractivity contribution in [2.24, 2.45) is 0 Å². The Morgan fingerprint density at radius 3 is 2.30 bits per heavy atom. The van der Waals surface area contributed by atoms with Gasteiger partial charge in [0.2, 0.25) is 0 Å². The van der Waals surface area contributed by atoms with Gasteiger partial charge in [0.1, 0.15) is 0 Å². The molecule has 2 aromatic rings. The molecule has 0 bridgehead atoms. The molecule has 1 N–H and O–H groups in total. The van der Waals surface area contributed by atoms with Crippen LogP contribution in [0.5, 0.6) is 0 Å². The van der Waals surface area contributed by atoms with Crippen molar-refractivity contribution < 1.29 is 14.4 Å². The van der Waals surface area contributed by atoms with Crippen LogP contribution in [-0.2, 0) is 0 Å². The molecule has 0 aliphatic rings. The molecular weight excluding hydrogens is 312 g/mol. The van der Waals surface area contributed by atoms with E-state index < -0.39 is 5.91 Å². The Balaban J connectivity index is 2.18. The predicted molar refractivity (Wildman–Crippen MR) is 89.6 cm³/mol. The van der Waals surface area contributed by atoms with Gasteiger partial charge in [0.25, 0.3) is 11.8 Å². The maximum Gasteiger partial charge on any atom is 0.272 e. The van der Waals surface area contributed by atoms with Crippen molar-refractivity contribution >= 4 is 29.9 Å². The average Bonchev–Trinajstić information content (AvgIpc) is 2.60. The summed E-state index contributed by atoms with van der Waals surface area (Å²) in [5.74, 6) is -0.836. The van der Waals surface area contributed by atoms with Crippen LogP contribution in [0.3, 0.4) is 0 Å². The molecule has 0 saturated heterocycles. The molecule has 6 heteroatoms. The van der Waals surface area contributed by atoms with E-state index >= 15 is 0 Å². The maximum atomic E-state index is 12.4. The third-order valence-electron chi connectivity index (χ3n) is 3.24. The normalized spacial score (nSPS) is 10.0. The number of hydrazine groups is 1. The SMILES string of the molecule is CSc1ccccc1C(=O)NN(C)C(=O)c1ccccc1C=O. The molecule has 0 saturated carbocycles. The first-order valence-corrected chi connectivity index (χ1v) is 8.07. The average molecular weight is 328 g/mol. The molecule has 0 spiro atoms. The van der Waals surface area contributed by atoms with E-state index in [1.54, 1.807) is 36.4 Å². The van der Waals surface area contributed by atoms with Crippen LogP contribution in [-0.4, -0.2) is 36.4 Å². The Kier molecular flexibility index (Phi) is 5.54. The molecule has 118 valence electrons. The number of hydrogen-bond donors (Lipinski definition) is 1. The number of aldehydes is 1. The van der Waals surface area contributed by atoms with Crippen molar-refractivity contribution in [2.75, 3.05) is 13.3 Å². The number of carbonyl (C=O) groups excluding carboxylic acids is 3. The van der Waals surface area contributed by atoms with Gasteiger partial charge in [-0.15, -0.1) is 11.8 Å². The van der Waals surface area contributed by atoms with Crippen molar-refractivity contribution in [3.63, 3.8) is 0 Å². The summed E-state index contributed by atoms with van der Waals surface area (Å²) in [6.07, 6.45) is 2.49. The molecule has 0 fully saturated rings. The Morgan fingerprint density at radius 1 is 1.04 bits per heavy atom. The first-order chi connectivity index (χ1) is 11.1. The Hall–Kier alpha value is -2.60. The summed E-state index contributed by atoms with van der Waals surface area (Å²) in [5, 5.41) is 1.09. The highest BCUT2D eigenvalue weighted by Gasteiger charge is 2.18. The van der Waals surface area contributed by atoms with Crippen LogP contribution >= 0.6 is 11.8 Å². The van der Waals surface area contributed by atoms with Gasteiger partial charge in [-0.2, -0.15) is 0 Å². The minimum absolute atomic E-state index is 0.239. The van der Waals surface area contributed by atoms with Crippen molar-refractivity contribution in [3.05, 3.63) is 65.2 Å². The number of rotatable bonds is 4. The zero-order valence-electron chi connectivity index (χ0n) is 12.8. The Labute approximate surface area is 138 Å². The molecule has 2 rings (SSSR count). The van der Waals surface area contributed by atoms with Gasteiger partial charge < -0.3 is 0 Å². The van der Waals surface area contributed by atoms with E-state index in [0.717, 1.165) is 9.90 Å². The van der Waals surface area contributed by atoms with Gasteiger partial charge in [0, 0.05) is 17.5 Å². The lowest BCUT2D eigenvalue weighted by atomic mass is 10.1. The lowest BCUT2D eigenvalue weighted by Gasteiger charge is -2.19. The van der Waals surface area contributed by atoms with Crippen LogP contribution in [0, 0.1) is 0 Å². The monoisotopic (exact) mass is 328 g/mol. The summed E-state index contributed by atoms with van der Waals surface area (Å²) in [6, 6.07) is 13.6. The second kappa shape index (κ2) is 7.60. The van der Waals surface area contributed by atoms with Crippen LogP contribution < -0.4 is 5.43 Å². The topological polar surface area (TPSA) is 66.5 Å². The van der Waals surface area contributed by atoms with Crippen molar-refractivity contribution in [1.82, 2.24) is 10.4 Å². The molecule has 0 aromatic heterocycles. The van der Waals surface area contributed by atoms with E-state index in [2.05, 4.69) is 5.43 Å². The quantitative estimate of drug-likeness (QED) is 0.532. The molecule has 0 aliphatic carbocycles. The fourth-order valence-corrected chi connectivity index (χ4v) is 2.67. The van der Waals surface area contributed by atoms with Gasteiger partial charge in [-0.3, -0.25) is 24.8 Å². The molecular formula is C17H16N2O3S. The number of amides is 2.